The minimum absolute atomic E-state index is 0.255. The first kappa shape index (κ1) is 9.91. The van der Waals surface area contributed by atoms with Gasteiger partial charge < -0.3 is 5.11 Å². The first-order valence-electron chi connectivity index (χ1n) is 5.02. The summed E-state index contributed by atoms with van der Waals surface area (Å²) in [6.07, 6.45) is 4.57. The summed E-state index contributed by atoms with van der Waals surface area (Å²) in [4.78, 5) is 0. The minimum Gasteiger partial charge on any atom is -0.508 e. The fourth-order valence-electron chi connectivity index (χ4n) is 2.15. The lowest BCUT2D eigenvalue weighted by Gasteiger charge is -2.22. The van der Waals surface area contributed by atoms with E-state index in [4.69, 9.17) is 0 Å². The average molecular weight is 208 g/mol. The molecule has 0 heterocycles. The monoisotopic (exact) mass is 208 g/mol. The van der Waals surface area contributed by atoms with Crippen molar-refractivity contribution in [3.63, 3.8) is 0 Å². The zero-order chi connectivity index (χ0) is 10.2. The number of phenols is 1. The smallest absolute Gasteiger partial charge is 0.119 e. The van der Waals surface area contributed by atoms with Gasteiger partial charge in [-0.3, -0.25) is 0 Å². The van der Waals surface area contributed by atoms with Crippen molar-refractivity contribution in [2.75, 3.05) is 6.26 Å². The maximum atomic E-state index is 9.82. The van der Waals surface area contributed by atoms with Crippen LogP contribution in [-0.2, 0) is 5.41 Å². The third-order valence-electron chi connectivity index (χ3n) is 3.36. The van der Waals surface area contributed by atoms with E-state index in [2.05, 4.69) is 19.2 Å². The van der Waals surface area contributed by atoms with E-state index in [0.717, 1.165) is 5.56 Å². The molecule has 0 amide bonds. The standard InChI is InChI=1S/C12H16OS/c1-9(14-2)12(7-8-12)10-5-3-4-6-11(10)13/h3-6,9,13H,7-8H2,1-2H3. The van der Waals surface area contributed by atoms with Crippen LogP contribution in [0.3, 0.4) is 0 Å². The molecule has 0 aromatic heterocycles. The number of benzene rings is 1. The number of rotatable bonds is 3. The third-order valence-corrected chi connectivity index (χ3v) is 4.52. The van der Waals surface area contributed by atoms with Crippen LogP contribution in [0.5, 0.6) is 5.75 Å². The van der Waals surface area contributed by atoms with Gasteiger partial charge in [-0.05, 0) is 25.2 Å². The Morgan fingerprint density at radius 3 is 2.50 bits per heavy atom. The molecule has 2 heteroatoms. The molecule has 0 bridgehead atoms. The molecular formula is C12H16OS. The van der Waals surface area contributed by atoms with Gasteiger partial charge in [0.2, 0.25) is 0 Å². The van der Waals surface area contributed by atoms with E-state index in [1.807, 2.05) is 23.9 Å². The second-order valence-electron chi connectivity index (χ2n) is 4.05. The molecule has 1 aliphatic carbocycles. The van der Waals surface area contributed by atoms with E-state index in [1.165, 1.54) is 12.8 Å². The summed E-state index contributed by atoms with van der Waals surface area (Å²) >= 11 is 1.89. The first-order chi connectivity index (χ1) is 6.70. The Labute approximate surface area is 89.5 Å². The van der Waals surface area contributed by atoms with Gasteiger partial charge in [0.1, 0.15) is 5.75 Å². The van der Waals surface area contributed by atoms with E-state index >= 15 is 0 Å². The van der Waals surface area contributed by atoms with E-state index in [1.54, 1.807) is 6.07 Å². The Kier molecular flexibility index (Phi) is 2.48. The number of phenolic OH excluding ortho intramolecular Hbond substituents is 1. The Balaban J connectivity index is 2.35. The number of hydrogen-bond acceptors (Lipinski definition) is 2. The van der Waals surface area contributed by atoms with Crippen molar-refractivity contribution in [3.05, 3.63) is 29.8 Å². The molecule has 0 radical (unpaired) electrons. The highest BCUT2D eigenvalue weighted by molar-refractivity contribution is 7.99. The molecule has 1 aromatic rings. The van der Waals surface area contributed by atoms with Crippen molar-refractivity contribution in [1.29, 1.82) is 0 Å². The van der Waals surface area contributed by atoms with Crippen LogP contribution in [-0.4, -0.2) is 16.6 Å². The van der Waals surface area contributed by atoms with Crippen molar-refractivity contribution in [3.8, 4) is 5.75 Å². The molecular weight excluding hydrogens is 192 g/mol. The van der Waals surface area contributed by atoms with Crippen molar-refractivity contribution >= 4 is 11.8 Å². The van der Waals surface area contributed by atoms with Gasteiger partial charge in [-0.15, -0.1) is 0 Å². The van der Waals surface area contributed by atoms with Crippen LogP contribution in [0.2, 0.25) is 0 Å². The van der Waals surface area contributed by atoms with E-state index in [-0.39, 0.29) is 5.41 Å². The Morgan fingerprint density at radius 1 is 1.36 bits per heavy atom. The summed E-state index contributed by atoms with van der Waals surface area (Å²) in [5.74, 6) is 0.464. The zero-order valence-electron chi connectivity index (χ0n) is 8.66. The number of hydrogen-bond donors (Lipinski definition) is 1. The average Bonchev–Trinajstić information content (AvgIpc) is 2.98. The van der Waals surface area contributed by atoms with Crippen LogP contribution in [0.25, 0.3) is 0 Å². The third kappa shape index (κ3) is 1.42. The van der Waals surface area contributed by atoms with Gasteiger partial charge in [0.25, 0.3) is 0 Å². The van der Waals surface area contributed by atoms with E-state index in [9.17, 15) is 5.11 Å². The topological polar surface area (TPSA) is 20.2 Å². The van der Waals surface area contributed by atoms with Gasteiger partial charge in [-0.2, -0.15) is 11.8 Å². The Morgan fingerprint density at radius 2 is 2.00 bits per heavy atom. The fourth-order valence-corrected chi connectivity index (χ4v) is 2.96. The number of para-hydroxylation sites is 1. The van der Waals surface area contributed by atoms with Gasteiger partial charge in [-0.25, -0.2) is 0 Å². The summed E-state index contributed by atoms with van der Waals surface area (Å²) in [6, 6.07) is 7.76. The molecule has 1 nitrogen and oxygen atoms in total. The van der Waals surface area contributed by atoms with Crippen LogP contribution in [0.1, 0.15) is 25.3 Å². The molecule has 14 heavy (non-hydrogen) atoms. The summed E-state index contributed by atoms with van der Waals surface area (Å²) in [7, 11) is 0. The molecule has 0 aliphatic heterocycles. The highest BCUT2D eigenvalue weighted by Gasteiger charge is 2.49. The molecule has 1 saturated carbocycles. The SMILES string of the molecule is CSC(C)C1(c2ccccc2O)CC1. The Bertz CT molecular complexity index is 331. The van der Waals surface area contributed by atoms with Gasteiger partial charge in [0.05, 0.1) is 0 Å². The number of thioether (sulfide) groups is 1. The van der Waals surface area contributed by atoms with Crippen molar-refractivity contribution in [1.82, 2.24) is 0 Å². The predicted molar refractivity (Wildman–Crippen MR) is 62.0 cm³/mol. The van der Waals surface area contributed by atoms with Crippen LogP contribution in [0.15, 0.2) is 24.3 Å². The molecule has 76 valence electrons. The molecule has 2 rings (SSSR count). The van der Waals surface area contributed by atoms with Gasteiger partial charge >= 0.3 is 0 Å². The molecule has 1 aliphatic rings. The normalized spacial score (nSPS) is 20.4. The minimum atomic E-state index is 0.255. The van der Waals surface area contributed by atoms with Crippen molar-refractivity contribution < 1.29 is 5.11 Å². The predicted octanol–water partition coefficient (Wildman–Crippen LogP) is 3.18. The number of aromatic hydroxyl groups is 1. The molecule has 0 saturated heterocycles. The first-order valence-corrected chi connectivity index (χ1v) is 6.31. The van der Waals surface area contributed by atoms with Crippen molar-refractivity contribution in [2.24, 2.45) is 0 Å². The molecule has 1 aromatic carbocycles. The second kappa shape index (κ2) is 3.50. The summed E-state index contributed by atoms with van der Waals surface area (Å²) in [6.45, 7) is 2.25. The van der Waals surface area contributed by atoms with Crippen LogP contribution in [0, 0.1) is 0 Å². The van der Waals surface area contributed by atoms with Crippen LogP contribution >= 0.6 is 11.8 Å². The van der Waals surface area contributed by atoms with Crippen molar-refractivity contribution in [2.45, 2.75) is 30.4 Å². The molecule has 0 spiro atoms. The molecule has 1 fully saturated rings. The lowest BCUT2D eigenvalue weighted by atomic mass is 9.92. The highest BCUT2D eigenvalue weighted by atomic mass is 32.2. The molecule has 1 atom stereocenters. The van der Waals surface area contributed by atoms with Crippen LogP contribution < -0.4 is 0 Å². The van der Waals surface area contributed by atoms with Gasteiger partial charge in [-0.1, -0.05) is 25.1 Å². The van der Waals surface area contributed by atoms with E-state index < -0.39 is 0 Å². The molecule has 1 unspecified atom stereocenters. The highest BCUT2D eigenvalue weighted by Crippen LogP contribution is 2.56. The maximum absolute atomic E-state index is 9.82. The van der Waals surface area contributed by atoms with Gasteiger partial charge in [0, 0.05) is 16.2 Å². The summed E-state index contributed by atoms with van der Waals surface area (Å²) in [5, 5.41) is 10.4. The quantitative estimate of drug-likeness (QED) is 0.823. The lowest BCUT2D eigenvalue weighted by molar-refractivity contribution is 0.458. The summed E-state index contributed by atoms with van der Waals surface area (Å²) < 4.78 is 0. The second-order valence-corrected chi connectivity index (χ2v) is 5.23. The van der Waals surface area contributed by atoms with E-state index in [0.29, 0.717) is 11.0 Å². The molecule has 1 N–H and O–H groups in total. The maximum Gasteiger partial charge on any atom is 0.119 e. The fraction of sp³-hybridized carbons (Fsp3) is 0.500. The Hall–Kier alpha value is -0.630. The van der Waals surface area contributed by atoms with Crippen LogP contribution in [0.4, 0.5) is 0 Å². The summed E-state index contributed by atoms with van der Waals surface area (Å²) in [5.41, 5.74) is 1.40. The van der Waals surface area contributed by atoms with Gasteiger partial charge in [0.15, 0.2) is 0 Å². The lowest BCUT2D eigenvalue weighted by Crippen LogP contribution is -2.19. The zero-order valence-corrected chi connectivity index (χ0v) is 9.47. The largest absolute Gasteiger partial charge is 0.508 e.